The van der Waals surface area contributed by atoms with Crippen LogP contribution in [0.15, 0.2) is 53.4 Å². The van der Waals surface area contributed by atoms with E-state index in [0.717, 1.165) is 32.7 Å². The molecular formula is C18H20ClNOS2. The molecule has 0 saturated heterocycles. The van der Waals surface area contributed by atoms with Gasteiger partial charge in [-0.1, -0.05) is 42.8 Å². The van der Waals surface area contributed by atoms with Gasteiger partial charge in [0.2, 0.25) is 0 Å². The Kier molecular flexibility index (Phi) is 7.86. The molecule has 2 aromatic carbocycles. The second-order valence-corrected chi connectivity index (χ2v) is 7.71. The zero-order chi connectivity index (χ0) is 16.5. The molecule has 0 aromatic heterocycles. The molecule has 0 aliphatic heterocycles. The van der Waals surface area contributed by atoms with Gasteiger partial charge in [0.1, 0.15) is 0 Å². The predicted octanol–water partition coefficient (Wildman–Crippen LogP) is 5.12. The molecular weight excluding hydrogens is 346 g/mol. The van der Waals surface area contributed by atoms with Gasteiger partial charge in [0.05, 0.1) is 5.56 Å². The number of carbonyl (C=O) groups is 1. The van der Waals surface area contributed by atoms with Crippen LogP contribution >= 0.6 is 35.1 Å². The summed E-state index contributed by atoms with van der Waals surface area (Å²) >= 11 is 9.36. The minimum atomic E-state index is 0.00800. The van der Waals surface area contributed by atoms with Gasteiger partial charge in [-0.05, 0) is 35.6 Å². The van der Waals surface area contributed by atoms with E-state index in [1.165, 1.54) is 5.56 Å². The average molecular weight is 366 g/mol. The standard InChI is InChI=1S/C18H20ClNOS2/c1-2-23-17-6-4-3-5-16(17)18(21)20-11-12-22-13-14-7-9-15(19)10-8-14/h3-10H,2,11-13H2,1H3,(H,20,21). The molecule has 0 radical (unpaired) electrons. The third-order valence-corrected chi connectivity index (χ3v) is 5.38. The molecule has 5 heteroatoms. The lowest BCUT2D eigenvalue weighted by molar-refractivity contribution is 0.0953. The molecule has 0 heterocycles. The van der Waals surface area contributed by atoms with Crippen molar-refractivity contribution in [3.63, 3.8) is 0 Å². The zero-order valence-corrected chi connectivity index (χ0v) is 15.4. The van der Waals surface area contributed by atoms with Crippen molar-refractivity contribution in [3.05, 3.63) is 64.7 Å². The molecule has 2 rings (SSSR count). The molecule has 0 unspecified atom stereocenters. The summed E-state index contributed by atoms with van der Waals surface area (Å²) in [5.41, 5.74) is 2.01. The van der Waals surface area contributed by atoms with Gasteiger partial charge in [0.25, 0.3) is 5.91 Å². The molecule has 0 atom stereocenters. The van der Waals surface area contributed by atoms with Crippen molar-refractivity contribution < 1.29 is 4.79 Å². The quantitative estimate of drug-likeness (QED) is 0.520. The van der Waals surface area contributed by atoms with Crippen molar-refractivity contribution in [1.82, 2.24) is 5.32 Å². The lowest BCUT2D eigenvalue weighted by Crippen LogP contribution is -2.26. The summed E-state index contributed by atoms with van der Waals surface area (Å²) in [5.74, 6) is 2.78. The van der Waals surface area contributed by atoms with E-state index in [2.05, 4.69) is 12.2 Å². The van der Waals surface area contributed by atoms with E-state index in [1.807, 2.05) is 48.5 Å². The van der Waals surface area contributed by atoms with Crippen LogP contribution in [0.5, 0.6) is 0 Å². The number of amides is 1. The molecule has 122 valence electrons. The van der Waals surface area contributed by atoms with Crippen molar-refractivity contribution in [2.45, 2.75) is 17.6 Å². The molecule has 2 nitrogen and oxygen atoms in total. The molecule has 0 aliphatic rings. The molecule has 0 bridgehead atoms. The molecule has 0 saturated carbocycles. The van der Waals surface area contributed by atoms with Gasteiger partial charge in [-0.3, -0.25) is 4.79 Å². The highest BCUT2D eigenvalue weighted by Crippen LogP contribution is 2.22. The van der Waals surface area contributed by atoms with Crippen molar-refractivity contribution in [1.29, 1.82) is 0 Å². The van der Waals surface area contributed by atoms with Gasteiger partial charge in [-0.15, -0.1) is 11.8 Å². The number of nitrogens with one attached hydrogen (secondary N) is 1. The summed E-state index contributed by atoms with van der Waals surface area (Å²) in [6.45, 7) is 2.76. The van der Waals surface area contributed by atoms with Crippen LogP contribution in [-0.2, 0) is 5.75 Å². The number of thioether (sulfide) groups is 2. The lowest BCUT2D eigenvalue weighted by atomic mass is 10.2. The van der Waals surface area contributed by atoms with Gasteiger partial charge >= 0.3 is 0 Å². The van der Waals surface area contributed by atoms with E-state index < -0.39 is 0 Å². The number of carbonyl (C=O) groups excluding carboxylic acids is 1. The first kappa shape index (κ1) is 18.2. The van der Waals surface area contributed by atoms with Crippen molar-refractivity contribution in [2.24, 2.45) is 0 Å². The topological polar surface area (TPSA) is 29.1 Å². The van der Waals surface area contributed by atoms with Crippen LogP contribution in [0.4, 0.5) is 0 Å². The number of rotatable bonds is 8. The molecule has 0 aliphatic carbocycles. The third-order valence-electron chi connectivity index (χ3n) is 3.15. The van der Waals surface area contributed by atoms with Gasteiger partial charge in [-0.2, -0.15) is 11.8 Å². The second-order valence-electron chi connectivity index (χ2n) is 4.86. The van der Waals surface area contributed by atoms with Crippen LogP contribution in [0.25, 0.3) is 0 Å². The fraction of sp³-hybridized carbons (Fsp3) is 0.278. The Labute approximate surface area is 151 Å². The fourth-order valence-electron chi connectivity index (χ4n) is 2.04. The van der Waals surface area contributed by atoms with Crippen LogP contribution < -0.4 is 5.32 Å². The molecule has 1 amide bonds. The van der Waals surface area contributed by atoms with Crippen LogP contribution in [0.3, 0.4) is 0 Å². The minimum absolute atomic E-state index is 0.00800. The molecule has 1 N–H and O–H groups in total. The van der Waals surface area contributed by atoms with Crippen molar-refractivity contribution in [2.75, 3.05) is 18.1 Å². The maximum atomic E-state index is 12.3. The number of hydrogen-bond acceptors (Lipinski definition) is 3. The van der Waals surface area contributed by atoms with E-state index in [0.29, 0.717) is 6.54 Å². The summed E-state index contributed by atoms with van der Waals surface area (Å²) in [5, 5.41) is 3.76. The largest absolute Gasteiger partial charge is 0.351 e. The SMILES string of the molecule is CCSc1ccccc1C(=O)NCCSCc1ccc(Cl)cc1. The van der Waals surface area contributed by atoms with Crippen LogP contribution in [0.2, 0.25) is 5.02 Å². The summed E-state index contributed by atoms with van der Waals surface area (Å²) < 4.78 is 0. The Bertz CT molecular complexity index is 631. The van der Waals surface area contributed by atoms with Crippen molar-refractivity contribution in [3.8, 4) is 0 Å². The Morgan fingerprint density at radius 1 is 1.13 bits per heavy atom. The fourth-order valence-corrected chi connectivity index (χ4v) is 3.79. The first-order chi connectivity index (χ1) is 11.2. The number of hydrogen-bond donors (Lipinski definition) is 1. The Morgan fingerprint density at radius 2 is 1.87 bits per heavy atom. The molecule has 2 aromatic rings. The van der Waals surface area contributed by atoms with Gasteiger partial charge in [-0.25, -0.2) is 0 Å². The second kappa shape index (κ2) is 9.91. The Hall–Kier alpha value is -1.10. The normalized spacial score (nSPS) is 10.5. The van der Waals surface area contributed by atoms with Crippen LogP contribution in [0, 0.1) is 0 Å². The molecule has 0 spiro atoms. The molecule has 0 fully saturated rings. The highest BCUT2D eigenvalue weighted by molar-refractivity contribution is 7.99. The summed E-state index contributed by atoms with van der Waals surface area (Å²) in [6.07, 6.45) is 0. The average Bonchev–Trinajstić information content (AvgIpc) is 2.57. The maximum Gasteiger partial charge on any atom is 0.252 e. The highest BCUT2D eigenvalue weighted by atomic mass is 35.5. The first-order valence-electron chi connectivity index (χ1n) is 7.53. The summed E-state index contributed by atoms with van der Waals surface area (Å²) in [4.78, 5) is 13.3. The number of halogens is 1. The van der Waals surface area contributed by atoms with E-state index in [1.54, 1.807) is 23.5 Å². The highest BCUT2D eigenvalue weighted by Gasteiger charge is 2.09. The summed E-state index contributed by atoms with van der Waals surface area (Å²) in [6, 6.07) is 15.6. The molecule has 23 heavy (non-hydrogen) atoms. The monoisotopic (exact) mass is 365 g/mol. The van der Waals surface area contributed by atoms with Crippen LogP contribution in [-0.4, -0.2) is 24.0 Å². The predicted molar refractivity (Wildman–Crippen MR) is 103 cm³/mol. The van der Waals surface area contributed by atoms with Crippen molar-refractivity contribution >= 4 is 41.0 Å². The zero-order valence-electron chi connectivity index (χ0n) is 13.0. The van der Waals surface area contributed by atoms with E-state index >= 15 is 0 Å². The lowest BCUT2D eigenvalue weighted by Gasteiger charge is -2.09. The Balaban J connectivity index is 1.73. The van der Waals surface area contributed by atoms with E-state index in [4.69, 9.17) is 11.6 Å². The van der Waals surface area contributed by atoms with Gasteiger partial charge < -0.3 is 5.32 Å². The minimum Gasteiger partial charge on any atom is -0.351 e. The van der Waals surface area contributed by atoms with Gasteiger partial charge in [0, 0.05) is 28.0 Å². The van der Waals surface area contributed by atoms with Crippen LogP contribution in [0.1, 0.15) is 22.8 Å². The smallest absolute Gasteiger partial charge is 0.252 e. The maximum absolute atomic E-state index is 12.3. The number of benzene rings is 2. The van der Waals surface area contributed by atoms with E-state index in [9.17, 15) is 4.79 Å². The summed E-state index contributed by atoms with van der Waals surface area (Å²) in [7, 11) is 0. The Morgan fingerprint density at radius 3 is 2.61 bits per heavy atom. The van der Waals surface area contributed by atoms with Gasteiger partial charge in [0.15, 0.2) is 0 Å². The first-order valence-corrected chi connectivity index (χ1v) is 10.0. The third kappa shape index (κ3) is 6.13. The van der Waals surface area contributed by atoms with E-state index in [-0.39, 0.29) is 5.91 Å².